The molecule has 3 aromatic rings. The first-order valence-electron chi connectivity index (χ1n) is 10.5. The van der Waals surface area contributed by atoms with Gasteiger partial charge in [-0.05, 0) is 48.7 Å². The average Bonchev–Trinajstić information content (AvgIpc) is 3.19. The second-order valence-electron chi connectivity index (χ2n) is 7.65. The molecule has 0 saturated carbocycles. The lowest BCUT2D eigenvalue weighted by Gasteiger charge is -2.21. The van der Waals surface area contributed by atoms with E-state index in [-0.39, 0.29) is 21.4 Å². The first-order valence-corrected chi connectivity index (χ1v) is 12.3. The normalized spacial score (nSPS) is 15.3. The highest BCUT2D eigenvalue weighted by Gasteiger charge is 2.28. The number of benzene rings is 2. The van der Waals surface area contributed by atoms with Crippen LogP contribution in [0.1, 0.15) is 41.6 Å². The number of halogens is 1. The summed E-state index contributed by atoms with van der Waals surface area (Å²) in [6, 6.07) is 11.9. The second kappa shape index (κ2) is 9.81. The minimum absolute atomic E-state index is 0.0223. The molecule has 1 N–H and O–H groups in total. The molecule has 1 aromatic heterocycles. The van der Waals surface area contributed by atoms with Crippen molar-refractivity contribution in [3.8, 4) is 5.69 Å². The van der Waals surface area contributed by atoms with Gasteiger partial charge in [0.2, 0.25) is 10.0 Å². The first kappa shape index (κ1) is 22.4. The zero-order valence-electron chi connectivity index (χ0n) is 17.4. The predicted octanol–water partition coefficient (Wildman–Crippen LogP) is 3.42. The highest BCUT2D eigenvalue weighted by Crippen LogP contribution is 2.27. The van der Waals surface area contributed by atoms with Crippen molar-refractivity contribution >= 4 is 27.5 Å². The maximum absolute atomic E-state index is 13.1. The van der Waals surface area contributed by atoms with Gasteiger partial charge in [-0.1, -0.05) is 36.6 Å². The lowest BCUT2D eigenvalue weighted by atomic mass is 10.2. The highest BCUT2D eigenvalue weighted by atomic mass is 35.5. The number of nitrogens with one attached hydrogen (secondary N) is 1. The van der Waals surface area contributed by atoms with Gasteiger partial charge in [-0.25, -0.2) is 18.1 Å². The smallest absolute Gasteiger partial charge is 0.251 e. The summed E-state index contributed by atoms with van der Waals surface area (Å²) in [4.78, 5) is 16.6. The Kier molecular flexibility index (Phi) is 6.88. The highest BCUT2D eigenvalue weighted by molar-refractivity contribution is 7.89. The Bertz CT molecular complexity index is 1170. The van der Waals surface area contributed by atoms with Crippen LogP contribution in [0.15, 0.2) is 60.0 Å². The molecule has 1 aliphatic rings. The molecule has 32 heavy (non-hydrogen) atoms. The molecule has 1 amide bonds. The van der Waals surface area contributed by atoms with Crippen LogP contribution < -0.4 is 5.32 Å². The van der Waals surface area contributed by atoms with Gasteiger partial charge in [0.05, 0.1) is 10.7 Å². The van der Waals surface area contributed by atoms with Crippen molar-refractivity contribution in [2.75, 3.05) is 13.1 Å². The number of carbonyl (C=O) groups excluding carboxylic acids is 1. The zero-order chi connectivity index (χ0) is 22.6. The summed E-state index contributed by atoms with van der Waals surface area (Å²) < 4.78 is 29.4. The van der Waals surface area contributed by atoms with Crippen LogP contribution in [0.25, 0.3) is 5.69 Å². The number of nitrogens with zero attached hydrogens (tertiary/aromatic N) is 4. The van der Waals surface area contributed by atoms with Crippen LogP contribution in [-0.4, -0.2) is 46.5 Å². The molecule has 0 unspecified atom stereocenters. The largest absolute Gasteiger partial charge is 0.348 e. The molecule has 10 heteroatoms. The van der Waals surface area contributed by atoms with E-state index in [4.69, 9.17) is 11.6 Å². The fourth-order valence-electron chi connectivity index (χ4n) is 3.66. The third-order valence-electron chi connectivity index (χ3n) is 5.45. The van der Waals surface area contributed by atoms with Crippen LogP contribution in [-0.2, 0) is 16.6 Å². The quantitative estimate of drug-likeness (QED) is 0.591. The summed E-state index contributed by atoms with van der Waals surface area (Å²) in [6.07, 6.45) is 6.75. The Balaban J connectivity index is 1.46. The molecule has 1 fully saturated rings. The summed E-state index contributed by atoms with van der Waals surface area (Å²) in [6.45, 7) is 1.24. The zero-order valence-corrected chi connectivity index (χ0v) is 19.0. The maximum Gasteiger partial charge on any atom is 0.251 e. The van der Waals surface area contributed by atoms with Crippen LogP contribution in [0.2, 0.25) is 5.02 Å². The molecular formula is C22H24ClN5O3S. The second-order valence-corrected chi connectivity index (χ2v) is 9.97. The van der Waals surface area contributed by atoms with E-state index in [1.165, 1.54) is 28.8 Å². The number of sulfonamides is 1. The first-order chi connectivity index (χ1) is 15.4. The van der Waals surface area contributed by atoms with Crippen molar-refractivity contribution in [1.82, 2.24) is 24.4 Å². The van der Waals surface area contributed by atoms with E-state index in [1.54, 1.807) is 11.0 Å². The number of carbonyl (C=O) groups is 1. The van der Waals surface area contributed by atoms with E-state index < -0.39 is 10.0 Å². The van der Waals surface area contributed by atoms with Crippen molar-refractivity contribution < 1.29 is 13.2 Å². The molecule has 2 aromatic carbocycles. The SMILES string of the molecule is O=C(NCc1ccc(-n2cncn2)cc1)c1ccc(Cl)c(S(=O)(=O)N2CCCCCC2)c1. The molecule has 0 spiro atoms. The van der Waals surface area contributed by atoms with Crippen LogP contribution in [0.3, 0.4) is 0 Å². The van der Waals surface area contributed by atoms with E-state index in [9.17, 15) is 13.2 Å². The Morgan fingerprint density at radius 2 is 1.75 bits per heavy atom. The van der Waals surface area contributed by atoms with Gasteiger partial charge < -0.3 is 5.32 Å². The number of amides is 1. The molecule has 168 valence electrons. The maximum atomic E-state index is 13.1. The molecule has 4 rings (SSSR count). The summed E-state index contributed by atoms with van der Waals surface area (Å²) in [5.74, 6) is -0.366. The summed E-state index contributed by atoms with van der Waals surface area (Å²) in [5, 5.41) is 7.03. The standard InChI is InChI=1S/C22H24ClN5O3S/c23-20-10-7-18(13-21(20)32(30,31)27-11-3-1-2-4-12-27)22(29)25-14-17-5-8-19(9-6-17)28-16-24-15-26-28/h5-10,13,15-16H,1-4,11-12,14H2,(H,25,29). The number of aromatic nitrogens is 3. The van der Waals surface area contributed by atoms with Gasteiger partial charge in [0, 0.05) is 25.2 Å². The van der Waals surface area contributed by atoms with Gasteiger partial charge in [0.1, 0.15) is 17.6 Å². The lowest BCUT2D eigenvalue weighted by Crippen LogP contribution is -2.32. The molecule has 0 bridgehead atoms. The van der Waals surface area contributed by atoms with E-state index in [2.05, 4.69) is 15.4 Å². The minimum atomic E-state index is -3.76. The average molecular weight is 474 g/mol. The Labute approximate surface area is 192 Å². The summed E-state index contributed by atoms with van der Waals surface area (Å²) in [7, 11) is -3.76. The number of rotatable bonds is 6. The van der Waals surface area contributed by atoms with Crippen LogP contribution in [0.5, 0.6) is 0 Å². The monoisotopic (exact) mass is 473 g/mol. The van der Waals surface area contributed by atoms with Gasteiger partial charge in [-0.2, -0.15) is 9.40 Å². The van der Waals surface area contributed by atoms with Crippen molar-refractivity contribution in [1.29, 1.82) is 0 Å². The fraction of sp³-hybridized carbons (Fsp3) is 0.318. The van der Waals surface area contributed by atoms with Crippen molar-refractivity contribution in [2.45, 2.75) is 37.1 Å². The molecule has 1 saturated heterocycles. The Hall–Kier alpha value is -2.75. The Morgan fingerprint density at radius 3 is 2.41 bits per heavy atom. The topological polar surface area (TPSA) is 97.2 Å². The predicted molar refractivity (Wildman–Crippen MR) is 121 cm³/mol. The molecule has 0 aliphatic carbocycles. The van der Waals surface area contributed by atoms with Gasteiger partial charge in [-0.3, -0.25) is 4.79 Å². The van der Waals surface area contributed by atoms with Crippen LogP contribution >= 0.6 is 11.6 Å². The molecule has 0 atom stereocenters. The minimum Gasteiger partial charge on any atom is -0.348 e. The van der Waals surface area contributed by atoms with Crippen molar-refractivity contribution in [3.05, 3.63) is 71.3 Å². The molecule has 8 nitrogen and oxygen atoms in total. The summed E-state index contributed by atoms with van der Waals surface area (Å²) >= 11 is 6.23. The molecular weight excluding hydrogens is 450 g/mol. The molecule has 2 heterocycles. The third kappa shape index (κ3) is 5.01. The van der Waals surface area contributed by atoms with Crippen molar-refractivity contribution in [2.24, 2.45) is 0 Å². The van der Waals surface area contributed by atoms with Gasteiger partial charge in [0.15, 0.2) is 0 Å². The van der Waals surface area contributed by atoms with E-state index in [0.717, 1.165) is 36.9 Å². The molecule has 0 radical (unpaired) electrons. The van der Waals surface area contributed by atoms with Gasteiger partial charge in [0.25, 0.3) is 5.91 Å². The number of hydrogen-bond donors (Lipinski definition) is 1. The van der Waals surface area contributed by atoms with Gasteiger partial charge in [-0.15, -0.1) is 0 Å². The van der Waals surface area contributed by atoms with Gasteiger partial charge >= 0.3 is 0 Å². The van der Waals surface area contributed by atoms with Crippen LogP contribution in [0.4, 0.5) is 0 Å². The number of hydrogen-bond acceptors (Lipinski definition) is 5. The van der Waals surface area contributed by atoms with E-state index in [0.29, 0.717) is 19.6 Å². The third-order valence-corrected chi connectivity index (χ3v) is 7.83. The Morgan fingerprint density at radius 1 is 1.03 bits per heavy atom. The fourth-order valence-corrected chi connectivity index (χ4v) is 5.67. The lowest BCUT2D eigenvalue weighted by molar-refractivity contribution is 0.0950. The molecule has 1 aliphatic heterocycles. The van der Waals surface area contributed by atoms with Crippen molar-refractivity contribution in [3.63, 3.8) is 0 Å². The van der Waals surface area contributed by atoms with E-state index in [1.807, 2.05) is 24.3 Å². The summed E-state index contributed by atoms with van der Waals surface area (Å²) in [5.41, 5.74) is 2.01. The van der Waals surface area contributed by atoms with E-state index >= 15 is 0 Å². The van der Waals surface area contributed by atoms with Crippen LogP contribution in [0, 0.1) is 0 Å².